The van der Waals surface area contributed by atoms with Crippen LogP contribution >= 0.6 is 11.6 Å². The lowest BCUT2D eigenvalue weighted by atomic mass is 10.1. The quantitative estimate of drug-likeness (QED) is 0.751. The highest BCUT2D eigenvalue weighted by atomic mass is 35.5. The van der Waals surface area contributed by atoms with E-state index in [4.69, 9.17) is 16.3 Å². The number of benzene rings is 1. The normalized spacial score (nSPS) is 15.8. The number of rotatable bonds is 2. The van der Waals surface area contributed by atoms with E-state index in [1.807, 2.05) is 0 Å². The lowest BCUT2D eigenvalue weighted by Gasteiger charge is -2.09. The summed E-state index contributed by atoms with van der Waals surface area (Å²) in [4.78, 5) is 24.5. The average molecular weight is 252 g/mol. The summed E-state index contributed by atoms with van der Waals surface area (Å²) in [6, 6.07) is 6.94. The molecule has 1 aliphatic rings. The van der Waals surface area contributed by atoms with Crippen LogP contribution in [-0.4, -0.2) is 30.9 Å². The van der Waals surface area contributed by atoms with Gasteiger partial charge in [0, 0.05) is 12.6 Å². The van der Waals surface area contributed by atoms with E-state index in [0.29, 0.717) is 11.3 Å². The number of likely N-dealkylation sites (N-methyl/N-ethyl adjacent to an activating group) is 1. The molecule has 1 aromatic carbocycles. The van der Waals surface area contributed by atoms with Crippen molar-refractivity contribution in [2.45, 2.75) is 0 Å². The SMILES string of the molecule is COc1ccccc1C1=C(Cl)C(=O)N(C)C1=O. The van der Waals surface area contributed by atoms with E-state index in [1.165, 1.54) is 14.2 Å². The lowest BCUT2D eigenvalue weighted by molar-refractivity contribution is -0.134. The molecule has 0 spiro atoms. The molecular weight excluding hydrogens is 242 g/mol. The van der Waals surface area contributed by atoms with Gasteiger partial charge in [-0.1, -0.05) is 29.8 Å². The largest absolute Gasteiger partial charge is 0.496 e. The maximum atomic E-state index is 11.9. The predicted molar refractivity (Wildman–Crippen MR) is 63.5 cm³/mol. The van der Waals surface area contributed by atoms with Crippen LogP contribution in [0.2, 0.25) is 0 Å². The van der Waals surface area contributed by atoms with Gasteiger partial charge in [-0.2, -0.15) is 0 Å². The smallest absolute Gasteiger partial charge is 0.272 e. The van der Waals surface area contributed by atoms with Crippen LogP contribution in [0, 0.1) is 0 Å². The maximum absolute atomic E-state index is 11.9. The Morgan fingerprint density at radius 2 is 1.82 bits per heavy atom. The molecular formula is C12H10ClNO3. The van der Waals surface area contributed by atoms with Gasteiger partial charge < -0.3 is 4.74 Å². The highest BCUT2D eigenvalue weighted by Gasteiger charge is 2.36. The fraction of sp³-hybridized carbons (Fsp3) is 0.167. The number of ether oxygens (including phenoxy) is 1. The molecule has 0 bridgehead atoms. The van der Waals surface area contributed by atoms with Gasteiger partial charge in [-0.25, -0.2) is 0 Å². The Hall–Kier alpha value is -1.81. The third-order valence-corrected chi connectivity index (χ3v) is 2.96. The van der Waals surface area contributed by atoms with Crippen molar-refractivity contribution in [3.63, 3.8) is 0 Å². The summed E-state index contributed by atoms with van der Waals surface area (Å²) in [7, 11) is 2.90. The number of hydrogen-bond acceptors (Lipinski definition) is 3. The molecule has 4 nitrogen and oxygen atoms in total. The van der Waals surface area contributed by atoms with Crippen molar-refractivity contribution in [3.8, 4) is 5.75 Å². The monoisotopic (exact) mass is 251 g/mol. The summed E-state index contributed by atoms with van der Waals surface area (Å²) in [6.07, 6.45) is 0. The molecule has 2 amide bonds. The van der Waals surface area contributed by atoms with E-state index >= 15 is 0 Å². The van der Waals surface area contributed by atoms with Crippen LogP contribution in [0.1, 0.15) is 5.56 Å². The van der Waals surface area contributed by atoms with Crippen molar-refractivity contribution >= 4 is 29.0 Å². The summed E-state index contributed by atoms with van der Waals surface area (Å²) >= 11 is 5.89. The van der Waals surface area contributed by atoms with Crippen LogP contribution in [0.15, 0.2) is 29.3 Å². The third-order valence-electron chi connectivity index (χ3n) is 2.61. The van der Waals surface area contributed by atoms with Gasteiger partial charge in [0.15, 0.2) is 0 Å². The number of amides is 2. The zero-order chi connectivity index (χ0) is 12.6. The molecule has 0 saturated carbocycles. The van der Waals surface area contributed by atoms with Crippen LogP contribution < -0.4 is 4.74 Å². The van der Waals surface area contributed by atoms with Crippen molar-refractivity contribution < 1.29 is 14.3 Å². The Morgan fingerprint density at radius 1 is 1.18 bits per heavy atom. The van der Waals surface area contributed by atoms with Gasteiger partial charge in [-0.3, -0.25) is 14.5 Å². The topological polar surface area (TPSA) is 46.6 Å². The maximum Gasteiger partial charge on any atom is 0.272 e. The highest BCUT2D eigenvalue weighted by molar-refractivity contribution is 6.55. The van der Waals surface area contributed by atoms with Crippen LogP contribution in [0.25, 0.3) is 5.57 Å². The molecule has 0 radical (unpaired) electrons. The Bertz CT molecular complexity index is 536. The average Bonchev–Trinajstić information content (AvgIpc) is 2.54. The zero-order valence-corrected chi connectivity index (χ0v) is 10.1. The number of nitrogens with zero attached hydrogens (tertiary/aromatic N) is 1. The van der Waals surface area contributed by atoms with Crippen LogP contribution in [-0.2, 0) is 9.59 Å². The van der Waals surface area contributed by atoms with Crippen molar-refractivity contribution in [1.82, 2.24) is 4.90 Å². The van der Waals surface area contributed by atoms with Crippen LogP contribution in [0.3, 0.4) is 0 Å². The van der Waals surface area contributed by atoms with Crippen LogP contribution in [0.4, 0.5) is 0 Å². The molecule has 1 aliphatic heterocycles. The number of carbonyl (C=O) groups excluding carboxylic acids is 2. The molecule has 5 heteroatoms. The Morgan fingerprint density at radius 3 is 2.35 bits per heavy atom. The number of hydrogen-bond donors (Lipinski definition) is 0. The Kier molecular flexibility index (Phi) is 2.90. The fourth-order valence-corrected chi connectivity index (χ4v) is 2.00. The minimum absolute atomic E-state index is 0.0676. The Balaban J connectivity index is 2.61. The molecule has 88 valence electrons. The van der Waals surface area contributed by atoms with E-state index in [-0.39, 0.29) is 10.6 Å². The highest BCUT2D eigenvalue weighted by Crippen LogP contribution is 2.35. The molecule has 0 saturated heterocycles. The van der Waals surface area contributed by atoms with Gasteiger partial charge in [0.25, 0.3) is 11.8 Å². The molecule has 0 atom stereocenters. The van der Waals surface area contributed by atoms with Crippen molar-refractivity contribution in [2.24, 2.45) is 0 Å². The van der Waals surface area contributed by atoms with Gasteiger partial charge >= 0.3 is 0 Å². The van der Waals surface area contributed by atoms with Gasteiger partial charge in [0.05, 0.1) is 12.7 Å². The first kappa shape index (κ1) is 11.7. The van der Waals surface area contributed by atoms with Crippen molar-refractivity contribution in [1.29, 1.82) is 0 Å². The van der Waals surface area contributed by atoms with E-state index in [9.17, 15) is 9.59 Å². The zero-order valence-electron chi connectivity index (χ0n) is 9.36. The van der Waals surface area contributed by atoms with Gasteiger partial charge in [-0.15, -0.1) is 0 Å². The van der Waals surface area contributed by atoms with Gasteiger partial charge in [0.2, 0.25) is 0 Å². The summed E-state index contributed by atoms with van der Waals surface area (Å²) in [5.74, 6) is -0.390. The molecule has 0 unspecified atom stereocenters. The number of halogens is 1. The van der Waals surface area contributed by atoms with Crippen molar-refractivity contribution in [3.05, 3.63) is 34.9 Å². The first-order chi connectivity index (χ1) is 8.07. The van der Waals surface area contributed by atoms with E-state index < -0.39 is 11.8 Å². The summed E-state index contributed by atoms with van der Waals surface area (Å²) in [5.41, 5.74) is 0.722. The Labute approximate surface area is 103 Å². The second kappa shape index (κ2) is 4.22. The standard InChI is InChI=1S/C12H10ClNO3/c1-14-11(15)9(10(13)12(14)16)7-5-3-4-6-8(7)17-2/h3-6H,1-2H3. The summed E-state index contributed by atoms with van der Waals surface area (Å²) in [5, 5.41) is -0.0676. The summed E-state index contributed by atoms with van der Waals surface area (Å²) < 4.78 is 5.15. The number of carbonyl (C=O) groups is 2. The third kappa shape index (κ3) is 1.70. The van der Waals surface area contributed by atoms with Crippen LogP contribution in [0.5, 0.6) is 5.75 Å². The molecule has 0 fully saturated rings. The first-order valence-corrected chi connectivity index (χ1v) is 5.31. The lowest BCUT2D eigenvalue weighted by Crippen LogP contribution is -2.26. The molecule has 0 aromatic heterocycles. The molecule has 1 heterocycles. The number of methoxy groups -OCH3 is 1. The van der Waals surface area contributed by atoms with Gasteiger partial charge in [-0.05, 0) is 6.07 Å². The van der Waals surface area contributed by atoms with E-state index in [1.54, 1.807) is 24.3 Å². The molecule has 1 aromatic rings. The molecule has 2 rings (SSSR count). The second-order valence-corrected chi connectivity index (χ2v) is 3.94. The first-order valence-electron chi connectivity index (χ1n) is 4.93. The molecule has 0 N–H and O–H groups in total. The van der Waals surface area contributed by atoms with Crippen molar-refractivity contribution in [2.75, 3.05) is 14.2 Å². The number of imide groups is 1. The fourth-order valence-electron chi connectivity index (χ4n) is 1.69. The minimum atomic E-state index is -0.488. The second-order valence-electron chi connectivity index (χ2n) is 3.56. The van der Waals surface area contributed by atoms with E-state index in [0.717, 1.165) is 4.90 Å². The van der Waals surface area contributed by atoms with E-state index in [2.05, 4.69) is 0 Å². The molecule has 0 aliphatic carbocycles. The predicted octanol–water partition coefficient (Wildman–Crippen LogP) is 1.64. The minimum Gasteiger partial charge on any atom is -0.496 e. The summed E-state index contributed by atoms with van der Waals surface area (Å²) in [6.45, 7) is 0. The number of para-hydroxylation sites is 1. The van der Waals surface area contributed by atoms with Gasteiger partial charge in [0.1, 0.15) is 10.8 Å². The molecule has 17 heavy (non-hydrogen) atoms.